The average Bonchev–Trinajstić information content (AvgIpc) is 3.16. The lowest BCUT2D eigenvalue weighted by atomic mass is 10.1. The Morgan fingerprint density at radius 2 is 0.906 bits per heavy atom. The Bertz CT molecular complexity index is 827. The molecule has 1 N–H and O–H groups in total. The van der Waals surface area contributed by atoms with Crippen LogP contribution in [0.4, 0.5) is 0 Å². The highest BCUT2D eigenvalue weighted by Crippen LogP contribution is 2.14. The molecule has 0 aliphatic rings. The average molecular weight is 755 g/mol. The van der Waals surface area contributed by atoms with Crippen LogP contribution >= 0.6 is 0 Å². The van der Waals surface area contributed by atoms with E-state index in [0.29, 0.717) is 45.5 Å². The van der Waals surface area contributed by atoms with Gasteiger partial charge in [-0.1, -0.05) is 148 Å². The van der Waals surface area contributed by atoms with Crippen molar-refractivity contribution < 1.29 is 43.2 Å². The first-order chi connectivity index (χ1) is 26.0. The third-order valence-corrected chi connectivity index (χ3v) is 9.40. The summed E-state index contributed by atoms with van der Waals surface area (Å²) in [4.78, 5) is 36.7. The van der Waals surface area contributed by atoms with Gasteiger partial charge in [-0.3, -0.25) is 14.4 Å². The largest absolute Gasteiger partial charge is 0.465 e. The Hall–Kier alpha value is -1.97. The first kappa shape index (κ1) is 51.0. The van der Waals surface area contributed by atoms with Crippen LogP contribution in [-0.2, 0) is 38.1 Å². The highest BCUT2D eigenvalue weighted by atomic mass is 16.7. The van der Waals surface area contributed by atoms with Crippen LogP contribution in [0, 0.1) is 5.92 Å². The zero-order chi connectivity index (χ0) is 38.9. The van der Waals surface area contributed by atoms with Gasteiger partial charge < -0.3 is 28.8 Å². The van der Waals surface area contributed by atoms with E-state index in [0.717, 1.165) is 57.8 Å². The molecule has 53 heavy (non-hydrogen) atoms. The molecule has 0 amide bonds. The van der Waals surface area contributed by atoms with Gasteiger partial charge in [0.2, 0.25) is 0 Å². The number of carbonyl (C=O) groups is 3. The number of carbonyl (C=O) groups excluding carboxylic acids is 3. The number of hydrogen-bond donors (Lipinski definition) is 1. The normalized spacial score (nSPS) is 12.1. The number of aliphatic hydroxyl groups excluding tert-OH is 1. The molecular weight excluding hydrogens is 672 g/mol. The van der Waals surface area contributed by atoms with Crippen LogP contribution < -0.4 is 0 Å². The van der Waals surface area contributed by atoms with Gasteiger partial charge in [0.15, 0.2) is 6.29 Å². The lowest BCUT2D eigenvalue weighted by Gasteiger charge is -2.19. The van der Waals surface area contributed by atoms with Crippen molar-refractivity contribution in [3.05, 3.63) is 12.2 Å². The van der Waals surface area contributed by atoms with Crippen molar-refractivity contribution in [1.29, 1.82) is 0 Å². The number of aliphatic hydroxyl groups is 1. The smallest absolute Gasteiger partial charge is 0.306 e. The monoisotopic (exact) mass is 755 g/mol. The molecule has 0 aromatic carbocycles. The summed E-state index contributed by atoms with van der Waals surface area (Å²) in [6.07, 6.45) is 32.0. The maximum absolute atomic E-state index is 12.6. The SMILES string of the molecule is CCCCCCC=CCOC(=O)CCCCCCCC(=O)OCC(CO)COC(=O)CCC(OCCCCCCCCC)OCCCCCCCCC. The summed E-state index contributed by atoms with van der Waals surface area (Å²) >= 11 is 0. The van der Waals surface area contributed by atoms with Gasteiger partial charge in [0.1, 0.15) is 6.61 Å². The first-order valence-electron chi connectivity index (χ1n) is 21.9. The Balaban J connectivity index is 4.15. The molecule has 0 saturated heterocycles. The van der Waals surface area contributed by atoms with Crippen LogP contribution in [0.2, 0.25) is 0 Å². The van der Waals surface area contributed by atoms with E-state index < -0.39 is 12.2 Å². The highest BCUT2D eigenvalue weighted by Gasteiger charge is 2.17. The second-order valence-electron chi connectivity index (χ2n) is 14.6. The summed E-state index contributed by atoms with van der Waals surface area (Å²) in [7, 11) is 0. The molecule has 0 heterocycles. The summed E-state index contributed by atoms with van der Waals surface area (Å²) in [5, 5.41) is 9.76. The third kappa shape index (κ3) is 38.1. The maximum atomic E-state index is 12.6. The van der Waals surface area contributed by atoms with Gasteiger partial charge >= 0.3 is 17.9 Å². The topological polar surface area (TPSA) is 118 Å². The van der Waals surface area contributed by atoms with Crippen molar-refractivity contribution in [2.45, 2.75) is 207 Å². The molecule has 1 unspecified atom stereocenters. The number of esters is 3. The second kappa shape index (κ2) is 41.2. The van der Waals surface area contributed by atoms with Crippen molar-refractivity contribution in [3.63, 3.8) is 0 Å². The van der Waals surface area contributed by atoms with Crippen LogP contribution in [0.3, 0.4) is 0 Å². The molecule has 0 radical (unpaired) electrons. The molecule has 0 rings (SSSR count). The van der Waals surface area contributed by atoms with Gasteiger partial charge in [-0.25, -0.2) is 0 Å². The number of hydrogen-bond acceptors (Lipinski definition) is 9. The van der Waals surface area contributed by atoms with E-state index in [1.54, 1.807) is 0 Å². The van der Waals surface area contributed by atoms with Crippen molar-refractivity contribution in [3.8, 4) is 0 Å². The van der Waals surface area contributed by atoms with E-state index in [4.69, 9.17) is 23.7 Å². The summed E-state index contributed by atoms with van der Waals surface area (Å²) in [6.45, 7) is 7.99. The Kier molecular flexibility index (Phi) is 39.7. The molecule has 0 spiro atoms. The number of unbranched alkanes of at least 4 members (excludes halogenated alkanes) is 20. The summed E-state index contributed by atoms with van der Waals surface area (Å²) in [5.41, 5.74) is 0. The summed E-state index contributed by atoms with van der Waals surface area (Å²) in [5.74, 6) is -1.33. The molecule has 0 bridgehead atoms. The van der Waals surface area contributed by atoms with Crippen molar-refractivity contribution in [2.24, 2.45) is 5.92 Å². The second-order valence-corrected chi connectivity index (χ2v) is 14.6. The Labute approximate surface area is 325 Å². The van der Waals surface area contributed by atoms with Crippen LogP contribution in [0.5, 0.6) is 0 Å². The quantitative estimate of drug-likeness (QED) is 0.0214. The van der Waals surface area contributed by atoms with Crippen LogP contribution in [0.1, 0.15) is 201 Å². The Morgan fingerprint density at radius 1 is 0.491 bits per heavy atom. The predicted octanol–water partition coefficient (Wildman–Crippen LogP) is 11.1. The summed E-state index contributed by atoms with van der Waals surface area (Å²) in [6, 6.07) is 0. The number of ether oxygens (including phenoxy) is 5. The molecular formula is C44H82O9. The molecule has 0 aliphatic heterocycles. The minimum Gasteiger partial charge on any atom is -0.465 e. The van der Waals surface area contributed by atoms with Crippen molar-refractivity contribution in [1.82, 2.24) is 0 Å². The van der Waals surface area contributed by atoms with E-state index in [1.165, 1.54) is 89.9 Å². The van der Waals surface area contributed by atoms with Gasteiger partial charge in [0.25, 0.3) is 0 Å². The molecule has 9 nitrogen and oxygen atoms in total. The lowest BCUT2D eigenvalue weighted by molar-refractivity contribution is -0.161. The zero-order valence-electron chi connectivity index (χ0n) is 34.6. The first-order valence-corrected chi connectivity index (χ1v) is 21.9. The molecule has 9 heteroatoms. The zero-order valence-corrected chi connectivity index (χ0v) is 34.6. The van der Waals surface area contributed by atoms with Gasteiger partial charge in [-0.2, -0.15) is 0 Å². The lowest BCUT2D eigenvalue weighted by Crippen LogP contribution is -2.25. The fourth-order valence-corrected chi connectivity index (χ4v) is 5.87. The van der Waals surface area contributed by atoms with E-state index in [-0.39, 0.29) is 44.1 Å². The van der Waals surface area contributed by atoms with Crippen LogP contribution in [-0.4, -0.2) is 68.9 Å². The van der Waals surface area contributed by atoms with Crippen LogP contribution in [0.15, 0.2) is 12.2 Å². The van der Waals surface area contributed by atoms with Crippen molar-refractivity contribution in [2.75, 3.05) is 39.6 Å². The van der Waals surface area contributed by atoms with Gasteiger partial charge in [0, 0.05) is 32.5 Å². The van der Waals surface area contributed by atoms with E-state index in [9.17, 15) is 19.5 Å². The van der Waals surface area contributed by atoms with E-state index in [2.05, 4.69) is 26.8 Å². The number of rotatable bonds is 41. The van der Waals surface area contributed by atoms with E-state index in [1.807, 2.05) is 6.08 Å². The fourth-order valence-electron chi connectivity index (χ4n) is 5.87. The van der Waals surface area contributed by atoms with Gasteiger partial charge in [0.05, 0.1) is 32.2 Å². The molecule has 312 valence electrons. The minimum atomic E-state index is -0.470. The molecule has 1 atom stereocenters. The van der Waals surface area contributed by atoms with Gasteiger partial charge in [-0.15, -0.1) is 0 Å². The molecule has 0 aliphatic carbocycles. The maximum Gasteiger partial charge on any atom is 0.306 e. The highest BCUT2D eigenvalue weighted by molar-refractivity contribution is 5.70. The molecule has 0 fully saturated rings. The fraction of sp³-hybridized carbons (Fsp3) is 0.886. The summed E-state index contributed by atoms with van der Waals surface area (Å²) < 4.78 is 28.1. The van der Waals surface area contributed by atoms with Gasteiger partial charge in [-0.05, 0) is 38.5 Å². The predicted molar refractivity (Wildman–Crippen MR) is 215 cm³/mol. The van der Waals surface area contributed by atoms with E-state index >= 15 is 0 Å². The third-order valence-electron chi connectivity index (χ3n) is 9.40. The van der Waals surface area contributed by atoms with Crippen LogP contribution in [0.25, 0.3) is 0 Å². The minimum absolute atomic E-state index is 0.00447. The van der Waals surface area contributed by atoms with Crippen molar-refractivity contribution >= 4 is 17.9 Å². The number of allylic oxidation sites excluding steroid dienone is 1. The molecule has 0 aromatic heterocycles. The Morgan fingerprint density at radius 3 is 1.40 bits per heavy atom. The molecule has 0 aromatic rings. The molecule has 0 saturated carbocycles. The standard InChI is InChI=1S/C44H82O9/c1-4-7-10-13-16-22-27-34-49-41(46)30-25-20-19-21-26-31-42(47)52-38-40(37-45)39-53-43(48)32-33-44(50-35-28-23-17-14-11-8-5-2)51-36-29-24-18-15-12-9-6-3/h22,27,40,44-45H,4-21,23-26,28-39H2,1-3H3.